The number of halogens is 1. The molecule has 0 saturated heterocycles. The summed E-state index contributed by atoms with van der Waals surface area (Å²) in [6.07, 6.45) is 0.185. The highest BCUT2D eigenvalue weighted by Gasteiger charge is 2.30. The van der Waals surface area contributed by atoms with E-state index in [-0.39, 0.29) is 43.3 Å². The Labute approximate surface area is 168 Å². The molecule has 29 heavy (non-hydrogen) atoms. The van der Waals surface area contributed by atoms with Gasteiger partial charge in [0.05, 0.1) is 24.5 Å². The summed E-state index contributed by atoms with van der Waals surface area (Å²) in [4.78, 5) is 40.4. The molecule has 0 unspecified atom stereocenters. The van der Waals surface area contributed by atoms with Gasteiger partial charge in [0, 0.05) is 18.2 Å². The van der Waals surface area contributed by atoms with E-state index in [1.165, 1.54) is 18.2 Å². The Morgan fingerprint density at radius 3 is 2.72 bits per heavy atom. The topological polar surface area (TPSA) is 81.8 Å². The molecule has 0 aliphatic carbocycles. The van der Waals surface area contributed by atoms with Crippen molar-refractivity contribution in [3.05, 3.63) is 54.3 Å². The first-order valence-electron chi connectivity index (χ1n) is 9.28. The fourth-order valence-corrected chi connectivity index (χ4v) is 3.34. The van der Waals surface area contributed by atoms with Crippen LogP contribution in [0.2, 0.25) is 0 Å². The second-order valence-corrected chi connectivity index (χ2v) is 7.11. The van der Waals surface area contributed by atoms with Crippen molar-refractivity contribution in [1.29, 1.82) is 0 Å². The van der Waals surface area contributed by atoms with Gasteiger partial charge in [0.2, 0.25) is 17.7 Å². The second kappa shape index (κ2) is 8.83. The van der Waals surface area contributed by atoms with E-state index >= 15 is 0 Å². The Bertz CT molecular complexity index is 934. The molecular weight excluding hydrogens is 375 g/mol. The van der Waals surface area contributed by atoms with Crippen LogP contribution in [0, 0.1) is 5.82 Å². The van der Waals surface area contributed by atoms with Crippen molar-refractivity contribution < 1.29 is 18.8 Å². The lowest BCUT2D eigenvalue weighted by molar-refractivity contribution is -0.121. The molecule has 3 amide bonds. The maximum absolute atomic E-state index is 13.2. The van der Waals surface area contributed by atoms with Crippen LogP contribution >= 0.6 is 0 Å². The number of para-hydroxylation sites is 2. The van der Waals surface area contributed by atoms with Gasteiger partial charge in [0.15, 0.2) is 0 Å². The van der Waals surface area contributed by atoms with Gasteiger partial charge >= 0.3 is 0 Å². The summed E-state index contributed by atoms with van der Waals surface area (Å²) in [7, 11) is 1.65. The van der Waals surface area contributed by atoms with Gasteiger partial charge < -0.3 is 15.5 Å². The zero-order valence-corrected chi connectivity index (χ0v) is 16.3. The van der Waals surface area contributed by atoms with E-state index in [1.54, 1.807) is 47.2 Å². The Hall–Kier alpha value is -3.26. The van der Waals surface area contributed by atoms with Crippen LogP contribution in [0.25, 0.3) is 0 Å². The van der Waals surface area contributed by atoms with Crippen LogP contribution in [-0.4, -0.2) is 48.8 Å². The quantitative estimate of drug-likeness (QED) is 0.811. The minimum Gasteiger partial charge on any atom is -0.325 e. The third kappa shape index (κ3) is 5.17. The highest BCUT2D eigenvalue weighted by molar-refractivity contribution is 6.05. The minimum absolute atomic E-state index is 0.0105. The second-order valence-electron chi connectivity index (χ2n) is 7.11. The number of amides is 3. The normalized spacial score (nSPS) is 16.1. The smallest absolute Gasteiger partial charge is 0.241 e. The molecule has 1 aliphatic rings. The number of carbonyl (C=O) groups excluding carboxylic acids is 3. The number of fused-ring (bicyclic) bond motifs is 1. The monoisotopic (exact) mass is 398 g/mol. The van der Waals surface area contributed by atoms with Crippen molar-refractivity contribution in [3.63, 3.8) is 0 Å². The first-order chi connectivity index (χ1) is 13.8. The van der Waals surface area contributed by atoms with Gasteiger partial charge in [-0.2, -0.15) is 0 Å². The summed E-state index contributed by atoms with van der Waals surface area (Å²) in [5, 5.41) is 5.42. The lowest BCUT2D eigenvalue weighted by Gasteiger charge is -2.29. The number of likely N-dealkylation sites (N-methyl/N-ethyl adjacent to an activating group) is 1. The molecule has 8 heteroatoms. The largest absolute Gasteiger partial charge is 0.325 e. The van der Waals surface area contributed by atoms with Gasteiger partial charge in [-0.1, -0.05) is 18.2 Å². The number of benzene rings is 2. The molecule has 2 N–H and O–H groups in total. The molecular formula is C21H23FN4O3. The Morgan fingerprint density at radius 2 is 1.97 bits per heavy atom. The fourth-order valence-electron chi connectivity index (χ4n) is 3.34. The van der Waals surface area contributed by atoms with Crippen molar-refractivity contribution in [2.75, 3.05) is 35.7 Å². The molecule has 2 aromatic rings. The molecule has 0 bridgehead atoms. The number of hydrogen-bond donors (Lipinski definition) is 2. The van der Waals surface area contributed by atoms with Crippen molar-refractivity contribution in [2.45, 2.75) is 19.4 Å². The third-order valence-electron chi connectivity index (χ3n) is 4.56. The van der Waals surface area contributed by atoms with Crippen molar-refractivity contribution in [1.82, 2.24) is 4.90 Å². The Morgan fingerprint density at radius 1 is 1.21 bits per heavy atom. The number of anilines is 3. The number of nitrogens with zero attached hydrogens (tertiary/aromatic N) is 2. The maximum atomic E-state index is 13.2. The van der Waals surface area contributed by atoms with E-state index in [0.717, 1.165) is 0 Å². The molecule has 0 radical (unpaired) electrons. The zero-order chi connectivity index (χ0) is 21.0. The Balaban J connectivity index is 1.65. The minimum atomic E-state index is -0.441. The lowest BCUT2D eigenvalue weighted by atomic mass is 10.1. The number of carbonyl (C=O) groups is 3. The molecule has 1 atom stereocenters. The average Bonchev–Trinajstić information content (AvgIpc) is 2.75. The van der Waals surface area contributed by atoms with Crippen LogP contribution in [0.5, 0.6) is 0 Å². The standard InChI is InChI=1S/C21H23FN4O3/c1-14-10-19(27)24-17-8-3-4-9-18(17)26(14)21(29)13-25(2)12-20(28)23-16-7-5-6-15(22)11-16/h3-9,11,14H,10,12-13H2,1-2H3,(H,23,28)(H,24,27)/t14-/m0/s1. The fraction of sp³-hybridized carbons (Fsp3) is 0.286. The van der Waals surface area contributed by atoms with Gasteiger partial charge in [-0.15, -0.1) is 0 Å². The maximum Gasteiger partial charge on any atom is 0.241 e. The van der Waals surface area contributed by atoms with E-state index < -0.39 is 5.82 Å². The molecule has 0 aromatic heterocycles. The molecule has 3 rings (SSSR count). The van der Waals surface area contributed by atoms with Gasteiger partial charge in [-0.3, -0.25) is 19.3 Å². The van der Waals surface area contributed by atoms with E-state index in [9.17, 15) is 18.8 Å². The summed E-state index contributed by atoms with van der Waals surface area (Å²) in [5.74, 6) is -1.17. The van der Waals surface area contributed by atoms with E-state index in [1.807, 2.05) is 6.92 Å². The van der Waals surface area contributed by atoms with Gasteiger partial charge in [0.1, 0.15) is 5.82 Å². The number of hydrogen-bond acceptors (Lipinski definition) is 4. The summed E-state index contributed by atoms with van der Waals surface area (Å²) in [6.45, 7) is 1.77. The molecule has 0 spiro atoms. The Kier molecular flexibility index (Phi) is 6.23. The molecule has 1 heterocycles. The summed E-state index contributed by atoms with van der Waals surface area (Å²) < 4.78 is 13.2. The van der Waals surface area contributed by atoms with Crippen molar-refractivity contribution in [2.24, 2.45) is 0 Å². The van der Waals surface area contributed by atoms with Crippen LogP contribution in [0.4, 0.5) is 21.5 Å². The highest BCUT2D eigenvalue weighted by Crippen LogP contribution is 2.31. The third-order valence-corrected chi connectivity index (χ3v) is 4.56. The average molecular weight is 398 g/mol. The van der Waals surface area contributed by atoms with E-state index in [4.69, 9.17) is 0 Å². The molecule has 1 aliphatic heterocycles. The van der Waals surface area contributed by atoms with Crippen LogP contribution < -0.4 is 15.5 Å². The number of rotatable bonds is 5. The summed E-state index contributed by atoms with van der Waals surface area (Å²) in [5.41, 5.74) is 1.57. The van der Waals surface area contributed by atoms with Gasteiger partial charge in [-0.25, -0.2) is 4.39 Å². The van der Waals surface area contributed by atoms with Gasteiger partial charge in [-0.05, 0) is 44.3 Å². The SMILES string of the molecule is C[C@H]1CC(=O)Nc2ccccc2N1C(=O)CN(C)CC(=O)Nc1cccc(F)c1. The van der Waals surface area contributed by atoms with Crippen LogP contribution in [0.15, 0.2) is 48.5 Å². The summed E-state index contributed by atoms with van der Waals surface area (Å²) >= 11 is 0. The zero-order valence-electron chi connectivity index (χ0n) is 16.3. The van der Waals surface area contributed by atoms with Gasteiger partial charge in [0.25, 0.3) is 0 Å². The molecule has 152 valence electrons. The molecule has 0 saturated carbocycles. The molecule has 7 nitrogen and oxygen atoms in total. The van der Waals surface area contributed by atoms with E-state index in [0.29, 0.717) is 17.1 Å². The molecule has 2 aromatic carbocycles. The first-order valence-corrected chi connectivity index (χ1v) is 9.28. The van der Waals surface area contributed by atoms with Crippen LogP contribution in [0.1, 0.15) is 13.3 Å². The van der Waals surface area contributed by atoms with Crippen molar-refractivity contribution >= 4 is 34.8 Å². The predicted molar refractivity (Wildman–Crippen MR) is 109 cm³/mol. The lowest BCUT2D eigenvalue weighted by Crippen LogP contribution is -2.45. The predicted octanol–water partition coefficient (Wildman–Crippen LogP) is 2.46. The van der Waals surface area contributed by atoms with Crippen molar-refractivity contribution in [3.8, 4) is 0 Å². The number of nitrogens with one attached hydrogen (secondary N) is 2. The molecule has 0 fully saturated rings. The van der Waals surface area contributed by atoms with Crippen LogP contribution in [-0.2, 0) is 14.4 Å². The summed E-state index contributed by atoms with van der Waals surface area (Å²) in [6, 6.07) is 12.4. The van der Waals surface area contributed by atoms with E-state index in [2.05, 4.69) is 10.6 Å². The van der Waals surface area contributed by atoms with Crippen LogP contribution in [0.3, 0.4) is 0 Å². The first kappa shape index (κ1) is 20.5. The highest BCUT2D eigenvalue weighted by atomic mass is 19.1.